The first-order valence-corrected chi connectivity index (χ1v) is 7.15. The minimum absolute atomic E-state index is 0.135. The normalized spacial score (nSPS) is 12.8. The summed E-state index contributed by atoms with van der Waals surface area (Å²) in [6, 6.07) is 6.14. The number of hydrogen-bond donors (Lipinski definition) is 2. The van der Waals surface area contributed by atoms with Crippen molar-refractivity contribution in [3.63, 3.8) is 0 Å². The Bertz CT molecular complexity index is 365. The van der Waals surface area contributed by atoms with Gasteiger partial charge in [0.2, 0.25) is 0 Å². The molecule has 4 heteroatoms. The summed E-state index contributed by atoms with van der Waals surface area (Å²) in [6.45, 7) is 6.94. The van der Waals surface area contributed by atoms with Crippen LogP contribution in [0.1, 0.15) is 32.8 Å². The molecule has 0 aliphatic rings. The molecule has 0 heterocycles. The lowest BCUT2D eigenvalue weighted by Gasteiger charge is -2.18. The van der Waals surface area contributed by atoms with Crippen LogP contribution in [0.3, 0.4) is 0 Å². The highest BCUT2D eigenvalue weighted by atomic mass is 79.9. The smallest absolute Gasteiger partial charge is 0.124 e. The summed E-state index contributed by atoms with van der Waals surface area (Å²) in [7, 11) is 0. The highest BCUT2D eigenvalue weighted by Crippen LogP contribution is 2.24. The second-order valence-corrected chi connectivity index (χ2v) is 5.50. The van der Waals surface area contributed by atoms with Crippen molar-refractivity contribution in [2.45, 2.75) is 45.9 Å². The molecule has 0 saturated heterocycles. The molecule has 2 N–H and O–H groups in total. The zero-order valence-corrected chi connectivity index (χ0v) is 12.8. The molecule has 0 fully saturated rings. The van der Waals surface area contributed by atoms with Gasteiger partial charge in [0.1, 0.15) is 5.75 Å². The third kappa shape index (κ3) is 4.96. The van der Waals surface area contributed by atoms with Crippen LogP contribution in [0.15, 0.2) is 22.7 Å². The van der Waals surface area contributed by atoms with Gasteiger partial charge in [-0.2, -0.15) is 0 Å². The summed E-state index contributed by atoms with van der Waals surface area (Å²) in [5.74, 6) is 0.897. The van der Waals surface area contributed by atoms with Crippen LogP contribution in [-0.2, 0) is 6.54 Å². The molecule has 0 bridgehead atoms. The van der Waals surface area contributed by atoms with E-state index < -0.39 is 0 Å². The van der Waals surface area contributed by atoms with Crippen molar-refractivity contribution in [3.8, 4) is 5.75 Å². The Hall–Kier alpha value is -0.580. The average molecular weight is 316 g/mol. The predicted octanol–water partition coefficient (Wildman–Crippen LogP) is 3.10. The number of benzene rings is 1. The van der Waals surface area contributed by atoms with Crippen LogP contribution in [-0.4, -0.2) is 23.9 Å². The molecular weight excluding hydrogens is 294 g/mol. The Morgan fingerprint density at radius 1 is 1.39 bits per heavy atom. The first kappa shape index (κ1) is 15.5. The molecule has 0 aliphatic carbocycles. The van der Waals surface area contributed by atoms with E-state index in [1.807, 2.05) is 26.0 Å². The molecule has 1 aromatic carbocycles. The van der Waals surface area contributed by atoms with Crippen molar-refractivity contribution in [1.82, 2.24) is 5.32 Å². The van der Waals surface area contributed by atoms with Crippen LogP contribution in [0.25, 0.3) is 0 Å². The Morgan fingerprint density at radius 2 is 2.11 bits per heavy atom. The maximum atomic E-state index is 9.17. The predicted molar refractivity (Wildman–Crippen MR) is 77.9 cm³/mol. The fraction of sp³-hybridized carbons (Fsp3) is 0.571. The van der Waals surface area contributed by atoms with Crippen LogP contribution >= 0.6 is 15.9 Å². The minimum Gasteiger partial charge on any atom is -0.491 e. The van der Waals surface area contributed by atoms with Gasteiger partial charge in [0, 0.05) is 22.6 Å². The number of nitrogens with one attached hydrogen (secondary N) is 1. The lowest BCUT2D eigenvalue weighted by Crippen LogP contribution is -2.31. The lowest BCUT2D eigenvalue weighted by atomic mass is 10.1. The Balaban J connectivity index is 2.75. The maximum absolute atomic E-state index is 9.17. The molecule has 102 valence electrons. The molecule has 1 aromatic rings. The summed E-state index contributed by atoms with van der Waals surface area (Å²) < 4.78 is 6.81. The fourth-order valence-electron chi connectivity index (χ4n) is 1.65. The summed E-state index contributed by atoms with van der Waals surface area (Å²) >= 11 is 3.47. The number of halogens is 1. The van der Waals surface area contributed by atoms with Gasteiger partial charge in [-0.05, 0) is 38.5 Å². The second kappa shape index (κ2) is 7.77. The topological polar surface area (TPSA) is 41.5 Å². The van der Waals surface area contributed by atoms with Crippen molar-refractivity contribution < 1.29 is 9.84 Å². The van der Waals surface area contributed by atoms with Crippen molar-refractivity contribution in [2.24, 2.45) is 0 Å². The SMILES string of the molecule is CC[C@H](CO)NCc1cc(Br)ccc1OC(C)C. The molecule has 18 heavy (non-hydrogen) atoms. The van der Waals surface area contributed by atoms with Crippen molar-refractivity contribution in [1.29, 1.82) is 0 Å². The number of aliphatic hydroxyl groups is 1. The highest BCUT2D eigenvalue weighted by Gasteiger charge is 2.09. The van der Waals surface area contributed by atoms with E-state index in [2.05, 4.69) is 34.2 Å². The van der Waals surface area contributed by atoms with E-state index >= 15 is 0 Å². The van der Waals surface area contributed by atoms with E-state index in [9.17, 15) is 5.11 Å². The number of aliphatic hydroxyl groups excluding tert-OH is 1. The van der Waals surface area contributed by atoms with Gasteiger partial charge in [-0.1, -0.05) is 22.9 Å². The Morgan fingerprint density at radius 3 is 2.67 bits per heavy atom. The van der Waals surface area contributed by atoms with Gasteiger partial charge in [0.05, 0.1) is 12.7 Å². The van der Waals surface area contributed by atoms with E-state index in [0.29, 0.717) is 6.54 Å². The standard InChI is InChI=1S/C14H22BrNO2/c1-4-13(9-17)16-8-11-7-12(15)5-6-14(11)18-10(2)3/h5-7,10,13,16-17H,4,8-9H2,1-3H3/t13-/m1/s1. The van der Waals surface area contributed by atoms with E-state index in [0.717, 1.165) is 22.2 Å². The number of rotatable bonds is 7. The van der Waals surface area contributed by atoms with Gasteiger partial charge in [-0.15, -0.1) is 0 Å². The van der Waals surface area contributed by atoms with E-state index in [-0.39, 0.29) is 18.8 Å². The molecule has 0 radical (unpaired) electrons. The zero-order chi connectivity index (χ0) is 13.5. The van der Waals surface area contributed by atoms with Crippen molar-refractivity contribution >= 4 is 15.9 Å². The van der Waals surface area contributed by atoms with Crippen LogP contribution in [0, 0.1) is 0 Å². The number of ether oxygens (including phenoxy) is 1. The molecule has 0 aromatic heterocycles. The third-order valence-corrected chi connectivity index (χ3v) is 3.17. The maximum Gasteiger partial charge on any atom is 0.124 e. The molecule has 1 atom stereocenters. The van der Waals surface area contributed by atoms with Crippen molar-refractivity contribution in [3.05, 3.63) is 28.2 Å². The summed E-state index contributed by atoms with van der Waals surface area (Å²) in [4.78, 5) is 0. The summed E-state index contributed by atoms with van der Waals surface area (Å²) in [5.41, 5.74) is 1.10. The zero-order valence-electron chi connectivity index (χ0n) is 11.2. The van der Waals surface area contributed by atoms with Crippen LogP contribution in [0.5, 0.6) is 5.75 Å². The quantitative estimate of drug-likeness (QED) is 0.812. The van der Waals surface area contributed by atoms with Crippen LogP contribution < -0.4 is 10.1 Å². The molecule has 0 saturated carbocycles. The minimum atomic E-state index is 0.135. The second-order valence-electron chi connectivity index (χ2n) is 4.59. The van der Waals surface area contributed by atoms with E-state index in [1.165, 1.54) is 0 Å². The van der Waals surface area contributed by atoms with Gasteiger partial charge in [0.15, 0.2) is 0 Å². The van der Waals surface area contributed by atoms with Crippen LogP contribution in [0.4, 0.5) is 0 Å². The van der Waals surface area contributed by atoms with Crippen molar-refractivity contribution in [2.75, 3.05) is 6.61 Å². The highest BCUT2D eigenvalue weighted by molar-refractivity contribution is 9.10. The first-order chi connectivity index (χ1) is 8.56. The Kier molecular flexibility index (Phi) is 6.68. The average Bonchev–Trinajstić information content (AvgIpc) is 2.33. The largest absolute Gasteiger partial charge is 0.491 e. The Labute approximate surface area is 118 Å². The molecule has 1 rings (SSSR count). The van der Waals surface area contributed by atoms with Gasteiger partial charge >= 0.3 is 0 Å². The molecule has 0 unspecified atom stereocenters. The molecular formula is C14H22BrNO2. The number of hydrogen-bond acceptors (Lipinski definition) is 3. The van der Waals surface area contributed by atoms with Crippen LogP contribution in [0.2, 0.25) is 0 Å². The summed E-state index contributed by atoms with van der Waals surface area (Å²) in [6.07, 6.45) is 1.06. The third-order valence-electron chi connectivity index (χ3n) is 2.68. The van der Waals surface area contributed by atoms with E-state index in [4.69, 9.17) is 4.74 Å². The molecule has 3 nitrogen and oxygen atoms in total. The van der Waals surface area contributed by atoms with Gasteiger partial charge in [0.25, 0.3) is 0 Å². The summed E-state index contributed by atoms with van der Waals surface area (Å²) in [5, 5.41) is 12.5. The van der Waals surface area contributed by atoms with Gasteiger partial charge < -0.3 is 15.2 Å². The lowest BCUT2D eigenvalue weighted by molar-refractivity contribution is 0.230. The molecule has 0 aliphatic heterocycles. The monoisotopic (exact) mass is 315 g/mol. The first-order valence-electron chi connectivity index (χ1n) is 6.36. The van der Waals surface area contributed by atoms with E-state index in [1.54, 1.807) is 0 Å². The molecule has 0 spiro atoms. The molecule has 0 amide bonds. The van der Waals surface area contributed by atoms with Gasteiger partial charge in [-0.3, -0.25) is 0 Å². The fourth-order valence-corrected chi connectivity index (χ4v) is 2.06. The van der Waals surface area contributed by atoms with Gasteiger partial charge in [-0.25, -0.2) is 0 Å².